The normalized spacial score (nSPS) is 22.1. The maximum absolute atomic E-state index is 12.4. The lowest BCUT2D eigenvalue weighted by Gasteiger charge is -2.35. The molecule has 2 heterocycles. The highest BCUT2D eigenvalue weighted by atomic mass is 16.5. The molecule has 0 saturated carbocycles. The number of nitrogens with one attached hydrogen (secondary N) is 1. The molecular formula is C15H28N2O3. The third-order valence-corrected chi connectivity index (χ3v) is 4.23. The number of hydrogen-bond donors (Lipinski definition) is 1. The lowest BCUT2D eigenvalue weighted by molar-refractivity contribution is -0.139. The maximum Gasteiger partial charge on any atom is 0.225 e. The number of ether oxygens (including phenoxy) is 2. The summed E-state index contributed by atoms with van der Waals surface area (Å²) in [6, 6.07) is 0. The van der Waals surface area contributed by atoms with E-state index < -0.39 is 0 Å². The molecule has 2 saturated heterocycles. The second kappa shape index (κ2) is 8.60. The summed E-state index contributed by atoms with van der Waals surface area (Å²) in [5, 5.41) is 3.31. The number of piperidine rings is 2. The Bertz CT molecular complexity index is 285. The van der Waals surface area contributed by atoms with Crippen molar-refractivity contribution in [2.45, 2.75) is 38.7 Å². The van der Waals surface area contributed by atoms with Gasteiger partial charge in [0.05, 0.1) is 19.3 Å². The quantitative estimate of drug-likeness (QED) is 0.740. The molecule has 1 amide bonds. The molecule has 0 aromatic rings. The number of nitrogens with zero attached hydrogens (tertiary/aromatic N) is 1. The first-order valence-corrected chi connectivity index (χ1v) is 8.00. The van der Waals surface area contributed by atoms with Crippen LogP contribution in [0.5, 0.6) is 0 Å². The van der Waals surface area contributed by atoms with Gasteiger partial charge in [0.2, 0.25) is 5.91 Å². The molecule has 1 N–H and O–H groups in total. The molecule has 2 aliphatic rings. The van der Waals surface area contributed by atoms with Gasteiger partial charge >= 0.3 is 0 Å². The third kappa shape index (κ3) is 4.72. The Labute approximate surface area is 122 Å². The van der Waals surface area contributed by atoms with Crippen LogP contribution in [0.1, 0.15) is 32.6 Å². The van der Waals surface area contributed by atoms with Crippen molar-refractivity contribution in [2.75, 3.05) is 46.0 Å². The number of carbonyl (C=O) groups is 1. The number of hydrogen-bond acceptors (Lipinski definition) is 4. The Morgan fingerprint density at radius 1 is 1.15 bits per heavy atom. The largest absolute Gasteiger partial charge is 0.379 e. The van der Waals surface area contributed by atoms with E-state index in [0.717, 1.165) is 58.5 Å². The highest BCUT2D eigenvalue weighted by molar-refractivity contribution is 5.79. The summed E-state index contributed by atoms with van der Waals surface area (Å²) in [4.78, 5) is 14.4. The zero-order chi connectivity index (χ0) is 14.2. The number of likely N-dealkylation sites (tertiary alicyclic amines) is 1. The zero-order valence-corrected chi connectivity index (χ0v) is 12.6. The fourth-order valence-corrected chi connectivity index (χ4v) is 2.99. The van der Waals surface area contributed by atoms with Gasteiger partial charge in [0, 0.05) is 25.6 Å². The highest BCUT2D eigenvalue weighted by Gasteiger charge is 2.29. The molecule has 0 bridgehead atoms. The average molecular weight is 284 g/mol. The average Bonchev–Trinajstić information content (AvgIpc) is 2.52. The topological polar surface area (TPSA) is 50.8 Å². The molecule has 2 rings (SSSR count). The van der Waals surface area contributed by atoms with E-state index in [1.165, 1.54) is 0 Å². The van der Waals surface area contributed by atoms with Crippen molar-refractivity contribution in [3.8, 4) is 0 Å². The lowest BCUT2D eigenvalue weighted by atomic mass is 9.95. The molecule has 116 valence electrons. The van der Waals surface area contributed by atoms with E-state index in [0.29, 0.717) is 25.2 Å². The van der Waals surface area contributed by atoms with Gasteiger partial charge in [0.25, 0.3) is 0 Å². The van der Waals surface area contributed by atoms with Crippen molar-refractivity contribution in [2.24, 2.45) is 5.92 Å². The molecule has 0 radical (unpaired) electrons. The first-order valence-electron chi connectivity index (χ1n) is 8.00. The van der Waals surface area contributed by atoms with Gasteiger partial charge in [0.15, 0.2) is 0 Å². The van der Waals surface area contributed by atoms with Crippen LogP contribution < -0.4 is 5.32 Å². The van der Waals surface area contributed by atoms with Crippen molar-refractivity contribution in [1.29, 1.82) is 0 Å². The van der Waals surface area contributed by atoms with Crippen molar-refractivity contribution in [3.63, 3.8) is 0 Å². The van der Waals surface area contributed by atoms with E-state index in [4.69, 9.17) is 9.47 Å². The van der Waals surface area contributed by atoms with E-state index in [9.17, 15) is 4.79 Å². The first kappa shape index (κ1) is 15.7. The highest BCUT2D eigenvalue weighted by Crippen LogP contribution is 2.20. The van der Waals surface area contributed by atoms with Gasteiger partial charge in [-0.05, 0) is 45.7 Å². The minimum Gasteiger partial charge on any atom is -0.379 e. The molecule has 0 aliphatic carbocycles. The molecule has 5 heteroatoms. The Hall–Kier alpha value is -0.650. The second-order valence-corrected chi connectivity index (χ2v) is 5.62. The van der Waals surface area contributed by atoms with Crippen LogP contribution in [0.15, 0.2) is 0 Å². The number of rotatable bonds is 6. The number of carbonyl (C=O) groups excluding carboxylic acids is 1. The molecule has 0 unspecified atom stereocenters. The van der Waals surface area contributed by atoms with Crippen molar-refractivity contribution < 1.29 is 14.3 Å². The fraction of sp³-hybridized carbons (Fsp3) is 0.933. The number of amides is 1. The zero-order valence-electron chi connectivity index (χ0n) is 12.6. The fourth-order valence-electron chi connectivity index (χ4n) is 2.99. The SMILES string of the molecule is CCOCCOC1CCN(C(=O)C2CCNCC2)CC1. The van der Waals surface area contributed by atoms with E-state index in [-0.39, 0.29) is 5.92 Å². The van der Waals surface area contributed by atoms with Crippen LogP contribution in [-0.4, -0.2) is 62.9 Å². The van der Waals surface area contributed by atoms with E-state index in [1.807, 2.05) is 11.8 Å². The smallest absolute Gasteiger partial charge is 0.225 e. The van der Waals surface area contributed by atoms with Crippen LogP contribution in [0.25, 0.3) is 0 Å². The molecule has 2 aliphatic heterocycles. The summed E-state index contributed by atoms with van der Waals surface area (Å²) in [5.41, 5.74) is 0. The van der Waals surface area contributed by atoms with Crippen LogP contribution >= 0.6 is 0 Å². The van der Waals surface area contributed by atoms with Crippen LogP contribution in [0.2, 0.25) is 0 Å². The van der Waals surface area contributed by atoms with E-state index in [2.05, 4.69) is 5.32 Å². The predicted octanol–water partition coefficient (Wildman–Crippen LogP) is 1.03. The molecule has 5 nitrogen and oxygen atoms in total. The summed E-state index contributed by atoms with van der Waals surface area (Å²) in [6.07, 6.45) is 4.20. The maximum atomic E-state index is 12.4. The monoisotopic (exact) mass is 284 g/mol. The van der Waals surface area contributed by atoms with Gasteiger partial charge in [0.1, 0.15) is 0 Å². The Morgan fingerprint density at radius 3 is 2.50 bits per heavy atom. The van der Waals surface area contributed by atoms with Gasteiger partial charge in [-0.15, -0.1) is 0 Å². The van der Waals surface area contributed by atoms with Crippen LogP contribution in [0, 0.1) is 5.92 Å². The Balaban J connectivity index is 1.64. The van der Waals surface area contributed by atoms with E-state index >= 15 is 0 Å². The summed E-state index contributed by atoms with van der Waals surface area (Å²) < 4.78 is 11.1. The first-order chi connectivity index (χ1) is 9.81. The van der Waals surface area contributed by atoms with Crippen LogP contribution in [-0.2, 0) is 14.3 Å². The van der Waals surface area contributed by atoms with Crippen molar-refractivity contribution >= 4 is 5.91 Å². The summed E-state index contributed by atoms with van der Waals surface area (Å²) >= 11 is 0. The molecule has 0 atom stereocenters. The van der Waals surface area contributed by atoms with Gasteiger partial charge < -0.3 is 19.7 Å². The molecule has 20 heavy (non-hydrogen) atoms. The molecule has 2 fully saturated rings. The minimum absolute atomic E-state index is 0.242. The van der Waals surface area contributed by atoms with Gasteiger partial charge in [-0.25, -0.2) is 0 Å². The Kier molecular flexibility index (Phi) is 6.76. The Morgan fingerprint density at radius 2 is 1.85 bits per heavy atom. The summed E-state index contributed by atoms with van der Waals surface area (Å²) in [7, 11) is 0. The third-order valence-electron chi connectivity index (χ3n) is 4.23. The van der Waals surface area contributed by atoms with Crippen LogP contribution in [0.3, 0.4) is 0 Å². The molecule has 0 aromatic heterocycles. The standard InChI is InChI=1S/C15H28N2O3/c1-2-19-11-12-20-14-5-9-17(10-6-14)15(18)13-3-7-16-8-4-13/h13-14,16H,2-12H2,1H3. The van der Waals surface area contributed by atoms with E-state index in [1.54, 1.807) is 0 Å². The summed E-state index contributed by atoms with van der Waals surface area (Å²) in [6.45, 7) is 7.73. The van der Waals surface area contributed by atoms with Crippen molar-refractivity contribution in [3.05, 3.63) is 0 Å². The molecule has 0 spiro atoms. The molecule has 0 aromatic carbocycles. The predicted molar refractivity (Wildman–Crippen MR) is 77.6 cm³/mol. The molecular weight excluding hydrogens is 256 g/mol. The van der Waals surface area contributed by atoms with Gasteiger partial charge in [-0.2, -0.15) is 0 Å². The van der Waals surface area contributed by atoms with Crippen LogP contribution in [0.4, 0.5) is 0 Å². The lowest BCUT2D eigenvalue weighted by Crippen LogP contribution is -2.46. The van der Waals surface area contributed by atoms with Crippen molar-refractivity contribution in [1.82, 2.24) is 10.2 Å². The van der Waals surface area contributed by atoms with Gasteiger partial charge in [-0.1, -0.05) is 0 Å². The van der Waals surface area contributed by atoms with Gasteiger partial charge in [-0.3, -0.25) is 4.79 Å². The second-order valence-electron chi connectivity index (χ2n) is 5.62. The summed E-state index contributed by atoms with van der Waals surface area (Å²) in [5.74, 6) is 0.603. The minimum atomic E-state index is 0.242.